The molecule has 5 nitrogen and oxygen atoms in total. The Morgan fingerprint density at radius 1 is 1.00 bits per heavy atom. The molecule has 0 spiro atoms. The molecule has 3 aromatic carbocycles. The highest BCUT2D eigenvalue weighted by Crippen LogP contribution is 2.23. The van der Waals surface area contributed by atoms with E-state index in [4.69, 9.17) is 9.47 Å². The maximum atomic E-state index is 12.0. The Bertz CT molecular complexity index is 1040. The molecule has 0 aliphatic rings. The number of rotatable bonds is 8. The van der Waals surface area contributed by atoms with Gasteiger partial charge in [0.25, 0.3) is 5.91 Å². The van der Waals surface area contributed by atoms with Gasteiger partial charge in [0.05, 0.1) is 6.21 Å². The first kappa shape index (κ1) is 21.6. The molecule has 0 radical (unpaired) electrons. The number of carbonyl (C=O) groups is 1. The number of amides is 1. The minimum atomic E-state index is -0.341. The van der Waals surface area contributed by atoms with Crippen molar-refractivity contribution in [1.82, 2.24) is 5.43 Å². The average molecular weight is 467 g/mol. The minimum absolute atomic E-state index is 0.115. The fraction of sp³-hybridized carbons (Fsp3) is 0.167. The summed E-state index contributed by atoms with van der Waals surface area (Å²) >= 11 is 3.45. The van der Waals surface area contributed by atoms with Crippen molar-refractivity contribution < 1.29 is 14.3 Å². The van der Waals surface area contributed by atoms with Gasteiger partial charge in [-0.1, -0.05) is 52.3 Å². The molecule has 0 heterocycles. The minimum Gasteiger partial charge on any atom is -0.488 e. The highest BCUT2D eigenvalue weighted by atomic mass is 79.9. The monoisotopic (exact) mass is 466 g/mol. The summed E-state index contributed by atoms with van der Waals surface area (Å²) in [5, 5.41) is 4.04. The Hall–Kier alpha value is -3.12. The van der Waals surface area contributed by atoms with Crippen LogP contribution < -0.4 is 14.9 Å². The predicted octanol–water partition coefficient (Wildman–Crippen LogP) is 5.17. The number of hydrogen-bond donors (Lipinski definition) is 1. The number of hydrogen-bond acceptors (Lipinski definition) is 4. The molecule has 0 saturated heterocycles. The molecule has 0 saturated carbocycles. The summed E-state index contributed by atoms with van der Waals surface area (Å²) in [6, 6.07) is 21.3. The molecule has 0 bridgehead atoms. The third kappa shape index (κ3) is 6.46. The van der Waals surface area contributed by atoms with Crippen LogP contribution in [0.4, 0.5) is 0 Å². The Labute approximate surface area is 184 Å². The normalized spacial score (nSPS) is 10.8. The van der Waals surface area contributed by atoms with Gasteiger partial charge in [0.1, 0.15) is 18.1 Å². The van der Waals surface area contributed by atoms with Gasteiger partial charge in [-0.25, -0.2) is 5.43 Å². The Morgan fingerprint density at radius 2 is 1.80 bits per heavy atom. The van der Waals surface area contributed by atoms with Gasteiger partial charge >= 0.3 is 0 Å². The van der Waals surface area contributed by atoms with Gasteiger partial charge < -0.3 is 9.47 Å². The lowest BCUT2D eigenvalue weighted by atomic mass is 10.1. The van der Waals surface area contributed by atoms with E-state index in [0.29, 0.717) is 18.1 Å². The quantitative estimate of drug-likeness (QED) is 0.367. The molecule has 30 heavy (non-hydrogen) atoms. The molecule has 0 aromatic heterocycles. The molecular formula is C24H23BrN2O3. The zero-order valence-electron chi connectivity index (χ0n) is 16.9. The lowest BCUT2D eigenvalue weighted by Gasteiger charge is -2.10. The maximum Gasteiger partial charge on any atom is 0.277 e. The second-order valence-electron chi connectivity index (χ2n) is 6.78. The van der Waals surface area contributed by atoms with E-state index in [0.717, 1.165) is 21.2 Å². The molecule has 0 aliphatic heterocycles. The van der Waals surface area contributed by atoms with Crippen molar-refractivity contribution in [2.45, 2.75) is 20.5 Å². The average Bonchev–Trinajstić information content (AvgIpc) is 2.75. The van der Waals surface area contributed by atoms with Crippen LogP contribution in [0.5, 0.6) is 11.5 Å². The summed E-state index contributed by atoms with van der Waals surface area (Å²) in [7, 11) is 0. The van der Waals surface area contributed by atoms with Crippen LogP contribution in [-0.4, -0.2) is 18.7 Å². The van der Waals surface area contributed by atoms with Crippen LogP contribution >= 0.6 is 15.9 Å². The first-order chi connectivity index (χ1) is 14.5. The van der Waals surface area contributed by atoms with E-state index >= 15 is 0 Å². The summed E-state index contributed by atoms with van der Waals surface area (Å²) in [5.41, 5.74) is 6.59. The van der Waals surface area contributed by atoms with Gasteiger partial charge in [-0.15, -0.1) is 0 Å². The van der Waals surface area contributed by atoms with Crippen molar-refractivity contribution in [2.75, 3.05) is 6.61 Å². The number of carbonyl (C=O) groups excluding carboxylic acids is 1. The predicted molar refractivity (Wildman–Crippen MR) is 122 cm³/mol. The second-order valence-corrected chi connectivity index (χ2v) is 7.70. The van der Waals surface area contributed by atoms with Crippen LogP contribution in [0.25, 0.3) is 0 Å². The van der Waals surface area contributed by atoms with Gasteiger partial charge in [-0.2, -0.15) is 5.10 Å². The zero-order valence-corrected chi connectivity index (χ0v) is 18.5. The Kier molecular flexibility index (Phi) is 7.63. The highest BCUT2D eigenvalue weighted by molar-refractivity contribution is 9.10. The van der Waals surface area contributed by atoms with E-state index in [9.17, 15) is 4.79 Å². The molecule has 1 amide bonds. The lowest BCUT2D eigenvalue weighted by Crippen LogP contribution is -2.24. The molecular weight excluding hydrogens is 444 g/mol. The van der Waals surface area contributed by atoms with E-state index in [1.54, 1.807) is 6.21 Å². The van der Waals surface area contributed by atoms with Crippen LogP contribution in [0, 0.1) is 13.8 Å². The molecule has 0 fully saturated rings. The van der Waals surface area contributed by atoms with Crippen molar-refractivity contribution in [1.29, 1.82) is 0 Å². The van der Waals surface area contributed by atoms with Crippen LogP contribution in [0.2, 0.25) is 0 Å². The molecule has 3 aromatic rings. The number of benzene rings is 3. The Morgan fingerprint density at radius 3 is 2.57 bits per heavy atom. The second kappa shape index (κ2) is 10.6. The fourth-order valence-corrected chi connectivity index (χ4v) is 3.02. The standard InChI is InChI=1S/C24H23BrN2O3/c1-17-8-10-22(12-18(17)2)29-16-24(28)27-26-14-20-13-21(25)9-11-23(20)30-15-19-6-4-3-5-7-19/h3-14H,15-16H2,1-2H3,(H,27,28). The van der Waals surface area contributed by atoms with E-state index in [1.807, 2.05) is 80.6 Å². The smallest absolute Gasteiger partial charge is 0.277 e. The molecule has 0 aliphatic carbocycles. The number of ether oxygens (including phenoxy) is 2. The van der Waals surface area contributed by atoms with Gasteiger partial charge in [0.15, 0.2) is 6.61 Å². The molecule has 1 N–H and O–H groups in total. The molecule has 6 heteroatoms. The summed E-state index contributed by atoms with van der Waals surface area (Å²) in [6.07, 6.45) is 1.55. The lowest BCUT2D eigenvalue weighted by molar-refractivity contribution is -0.123. The molecule has 0 atom stereocenters. The van der Waals surface area contributed by atoms with Gasteiger partial charge in [0, 0.05) is 10.0 Å². The van der Waals surface area contributed by atoms with E-state index < -0.39 is 0 Å². The van der Waals surface area contributed by atoms with E-state index in [1.165, 1.54) is 5.56 Å². The van der Waals surface area contributed by atoms with Gasteiger partial charge in [-0.05, 0) is 60.9 Å². The van der Waals surface area contributed by atoms with Gasteiger partial charge in [-0.3, -0.25) is 4.79 Å². The number of nitrogens with zero attached hydrogens (tertiary/aromatic N) is 1. The van der Waals surface area contributed by atoms with Crippen LogP contribution in [0.15, 0.2) is 76.3 Å². The van der Waals surface area contributed by atoms with Crippen LogP contribution in [-0.2, 0) is 11.4 Å². The van der Waals surface area contributed by atoms with E-state index in [2.05, 4.69) is 26.5 Å². The number of hydrazone groups is 1. The Balaban J connectivity index is 1.56. The fourth-order valence-electron chi connectivity index (χ4n) is 2.65. The first-order valence-electron chi connectivity index (χ1n) is 9.49. The highest BCUT2D eigenvalue weighted by Gasteiger charge is 2.05. The summed E-state index contributed by atoms with van der Waals surface area (Å²) in [5.74, 6) is 0.985. The van der Waals surface area contributed by atoms with Gasteiger partial charge in [0.2, 0.25) is 0 Å². The third-order valence-electron chi connectivity index (χ3n) is 4.45. The summed E-state index contributed by atoms with van der Waals surface area (Å²) in [4.78, 5) is 12.0. The molecule has 3 rings (SSSR count). The largest absolute Gasteiger partial charge is 0.488 e. The number of aryl methyl sites for hydroxylation is 2. The SMILES string of the molecule is Cc1ccc(OCC(=O)NN=Cc2cc(Br)ccc2OCc2ccccc2)cc1C. The third-order valence-corrected chi connectivity index (χ3v) is 4.94. The first-order valence-corrected chi connectivity index (χ1v) is 10.3. The van der Waals surface area contributed by atoms with Crippen molar-refractivity contribution in [2.24, 2.45) is 5.10 Å². The molecule has 0 unspecified atom stereocenters. The topological polar surface area (TPSA) is 59.9 Å². The zero-order chi connectivity index (χ0) is 21.3. The number of halogens is 1. The van der Waals surface area contributed by atoms with Crippen molar-refractivity contribution in [3.8, 4) is 11.5 Å². The van der Waals surface area contributed by atoms with Crippen molar-refractivity contribution >= 4 is 28.1 Å². The number of nitrogens with one attached hydrogen (secondary N) is 1. The van der Waals surface area contributed by atoms with Crippen molar-refractivity contribution in [3.05, 3.63) is 93.5 Å². The van der Waals surface area contributed by atoms with Crippen LogP contribution in [0.3, 0.4) is 0 Å². The summed E-state index contributed by atoms with van der Waals surface area (Å²) in [6.45, 7) is 4.36. The summed E-state index contributed by atoms with van der Waals surface area (Å²) < 4.78 is 12.3. The van der Waals surface area contributed by atoms with E-state index in [-0.39, 0.29) is 12.5 Å². The molecule has 154 valence electrons. The maximum absolute atomic E-state index is 12.0. The van der Waals surface area contributed by atoms with Crippen LogP contribution in [0.1, 0.15) is 22.3 Å². The van der Waals surface area contributed by atoms with Crippen molar-refractivity contribution in [3.63, 3.8) is 0 Å².